The number of nitrogens with zero attached hydrogens (tertiary/aromatic N) is 5. The average molecular weight is 440 g/mol. The highest BCUT2D eigenvalue weighted by atomic mass is 35.5. The number of benzene rings is 2. The normalized spacial score (nSPS) is 17.1. The van der Waals surface area contributed by atoms with Crippen LogP contribution in [-0.4, -0.2) is 40.6 Å². The van der Waals surface area contributed by atoms with E-state index in [2.05, 4.69) is 37.6 Å². The lowest BCUT2D eigenvalue weighted by molar-refractivity contribution is 0.215. The smallest absolute Gasteiger partial charge is 0.105 e. The Kier molecular flexibility index (Phi) is 6.29. The number of nitriles is 1. The Bertz CT molecular complexity index is 1050. The number of rotatable bonds is 5. The van der Waals surface area contributed by atoms with Gasteiger partial charge < -0.3 is 9.47 Å². The minimum Gasteiger partial charge on any atom is -0.361 e. The van der Waals surface area contributed by atoms with E-state index in [1.54, 1.807) is 6.07 Å². The van der Waals surface area contributed by atoms with Crippen molar-refractivity contribution in [3.63, 3.8) is 0 Å². The van der Waals surface area contributed by atoms with E-state index in [1.165, 1.54) is 5.56 Å². The van der Waals surface area contributed by atoms with Gasteiger partial charge in [0.1, 0.15) is 5.82 Å². The van der Waals surface area contributed by atoms with Crippen LogP contribution in [0.2, 0.25) is 10.0 Å². The molecule has 5 nitrogen and oxygen atoms in total. The second-order valence-electron chi connectivity index (χ2n) is 7.51. The third-order valence-electron chi connectivity index (χ3n) is 5.69. The zero-order valence-corrected chi connectivity index (χ0v) is 18.3. The molecule has 0 spiro atoms. The van der Waals surface area contributed by atoms with Crippen LogP contribution in [0.4, 0.5) is 5.69 Å². The van der Waals surface area contributed by atoms with Crippen LogP contribution in [-0.2, 0) is 6.54 Å². The molecule has 3 aromatic rings. The first kappa shape index (κ1) is 20.7. The van der Waals surface area contributed by atoms with Crippen molar-refractivity contribution >= 4 is 28.9 Å². The maximum Gasteiger partial charge on any atom is 0.105 e. The van der Waals surface area contributed by atoms with Crippen LogP contribution in [0.3, 0.4) is 0 Å². The second kappa shape index (κ2) is 9.09. The molecule has 0 N–H and O–H groups in total. The second-order valence-corrected chi connectivity index (χ2v) is 8.35. The van der Waals surface area contributed by atoms with Gasteiger partial charge in [-0.25, -0.2) is 4.98 Å². The number of hydrogen-bond acceptors (Lipinski definition) is 4. The quantitative estimate of drug-likeness (QED) is 0.564. The number of imidazole rings is 1. The van der Waals surface area contributed by atoms with E-state index in [0.717, 1.165) is 49.3 Å². The van der Waals surface area contributed by atoms with Gasteiger partial charge in [0.2, 0.25) is 0 Å². The van der Waals surface area contributed by atoms with Crippen LogP contribution in [0.15, 0.2) is 54.9 Å². The summed E-state index contributed by atoms with van der Waals surface area (Å²) in [6.07, 6.45) is 3.87. The van der Waals surface area contributed by atoms with Crippen LogP contribution < -0.4 is 4.90 Å². The molecule has 4 rings (SSSR count). The van der Waals surface area contributed by atoms with E-state index in [0.29, 0.717) is 10.6 Å². The standard InChI is InChI=1S/C23H23Cl2N5/c1-17-27-8-9-29(17)12-10-28-11-13-30(22-7-2-18(15-26)14-21(22)25)23(16-28)19-3-5-20(24)6-4-19/h2-9,14,23H,10-13,16H2,1H3/t23-/m0/s1. The van der Waals surface area contributed by atoms with Crippen LogP contribution >= 0.6 is 23.2 Å². The molecule has 0 bridgehead atoms. The first-order valence-electron chi connectivity index (χ1n) is 9.97. The van der Waals surface area contributed by atoms with E-state index >= 15 is 0 Å². The summed E-state index contributed by atoms with van der Waals surface area (Å²) >= 11 is 12.7. The van der Waals surface area contributed by atoms with Gasteiger partial charge in [0.25, 0.3) is 0 Å². The zero-order chi connectivity index (χ0) is 21.1. The molecule has 0 aliphatic carbocycles. The van der Waals surface area contributed by atoms with Crippen molar-refractivity contribution in [1.29, 1.82) is 5.26 Å². The third kappa shape index (κ3) is 4.46. The first-order chi connectivity index (χ1) is 14.5. The molecule has 2 heterocycles. The predicted molar refractivity (Wildman–Crippen MR) is 121 cm³/mol. The fraction of sp³-hybridized carbons (Fsp3) is 0.304. The fourth-order valence-corrected chi connectivity index (χ4v) is 4.41. The summed E-state index contributed by atoms with van der Waals surface area (Å²) in [6, 6.07) is 15.9. The van der Waals surface area contributed by atoms with Crippen molar-refractivity contribution in [1.82, 2.24) is 14.5 Å². The van der Waals surface area contributed by atoms with E-state index in [9.17, 15) is 0 Å². The molecule has 1 aliphatic rings. The molecule has 1 aromatic heterocycles. The number of aryl methyl sites for hydroxylation is 1. The summed E-state index contributed by atoms with van der Waals surface area (Å²) in [5, 5.41) is 10.5. The van der Waals surface area contributed by atoms with Crippen LogP contribution in [0.1, 0.15) is 23.0 Å². The molecular formula is C23H23Cl2N5. The van der Waals surface area contributed by atoms with Gasteiger partial charge in [0.05, 0.1) is 28.4 Å². The Balaban J connectivity index is 1.58. The number of aromatic nitrogens is 2. The molecule has 30 heavy (non-hydrogen) atoms. The van der Waals surface area contributed by atoms with Gasteiger partial charge in [-0.05, 0) is 42.8 Å². The highest BCUT2D eigenvalue weighted by Gasteiger charge is 2.29. The molecule has 1 atom stereocenters. The Morgan fingerprint density at radius 2 is 1.90 bits per heavy atom. The number of piperazine rings is 1. The van der Waals surface area contributed by atoms with Gasteiger partial charge in [0.15, 0.2) is 0 Å². The zero-order valence-electron chi connectivity index (χ0n) is 16.8. The average Bonchev–Trinajstić information content (AvgIpc) is 3.17. The van der Waals surface area contributed by atoms with Crippen molar-refractivity contribution in [2.24, 2.45) is 0 Å². The Hall–Kier alpha value is -2.52. The lowest BCUT2D eigenvalue weighted by Gasteiger charge is -2.43. The molecule has 1 aliphatic heterocycles. The largest absolute Gasteiger partial charge is 0.361 e. The van der Waals surface area contributed by atoms with Crippen LogP contribution in [0.5, 0.6) is 0 Å². The van der Waals surface area contributed by atoms with Gasteiger partial charge in [-0.3, -0.25) is 4.90 Å². The van der Waals surface area contributed by atoms with Crippen molar-refractivity contribution < 1.29 is 0 Å². The molecule has 1 fully saturated rings. The molecule has 0 saturated carbocycles. The topological polar surface area (TPSA) is 48.1 Å². The Labute approximate surface area is 187 Å². The summed E-state index contributed by atoms with van der Waals surface area (Å²) in [5.74, 6) is 1.03. The summed E-state index contributed by atoms with van der Waals surface area (Å²) in [7, 11) is 0. The van der Waals surface area contributed by atoms with Gasteiger partial charge in [-0.15, -0.1) is 0 Å². The molecule has 7 heteroatoms. The van der Waals surface area contributed by atoms with E-state index in [-0.39, 0.29) is 6.04 Å². The highest BCUT2D eigenvalue weighted by Crippen LogP contribution is 2.36. The fourth-order valence-electron chi connectivity index (χ4n) is 4.00. The van der Waals surface area contributed by atoms with Crippen molar-refractivity contribution in [2.75, 3.05) is 31.1 Å². The molecular weight excluding hydrogens is 417 g/mol. The van der Waals surface area contributed by atoms with Crippen molar-refractivity contribution in [3.8, 4) is 6.07 Å². The van der Waals surface area contributed by atoms with E-state index < -0.39 is 0 Å². The number of hydrogen-bond donors (Lipinski definition) is 0. The van der Waals surface area contributed by atoms with E-state index in [1.807, 2.05) is 43.6 Å². The third-order valence-corrected chi connectivity index (χ3v) is 6.24. The van der Waals surface area contributed by atoms with Gasteiger partial charge >= 0.3 is 0 Å². The number of anilines is 1. The molecule has 0 amide bonds. The maximum atomic E-state index is 9.16. The predicted octanol–water partition coefficient (Wildman–Crippen LogP) is 4.93. The monoisotopic (exact) mass is 439 g/mol. The lowest BCUT2D eigenvalue weighted by Crippen LogP contribution is -2.49. The van der Waals surface area contributed by atoms with Gasteiger partial charge in [-0.1, -0.05) is 35.3 Å². The first-order valence-corrected chi connectivity index (χ1v) is 10.7. The lowest BCUT2D eigenvalue weighted by atomic mass is 10.0. The van der Waals surface area contributed by atoms with Crippen LogP contribution in [0.25, 0.3) is 0 Å². The summed E-state index contributed by atoms with van der Waals surface area (Å²) in [5.41, 5.74) is 2.73. The van der Waals surface area contributed by atoms with Gasteiger partial charge in [-0.2, -0.15) is 5.26 Å². The summed E-state index contributed by atoms with van der Waals surface area (Å²) < 4.78 is 2.18. The molecule has 0 radical (unpaired) electrons. The van der Waals surface area contributed by atoms with Crippen molar-refractivity contribution in [2.45, 2.75) is 19.5 Å². The summed E-state index contributed by atoms with van der Waals surface area (Å²) in [6.45, 7) is 6.57. The Morgan fingerprint density at radius 3 is 2.57 bits per heavy atom. The maximum absolute atomic E-state index is 9.16. The number of halogens is 2. The molecule has 0 unspecified atom stereocenters. The Morgan fingerprint density at radius 1 is 1.10 bits per heavy atom. The SMILES string of the molecule is Cc1nccn1CCN1CCN(c2ccc(C#N)cc2Cl)[C@H](c2ccc(Cl)cc2)C1. The highest BCUT2D eigenvalue weighted by molar-refractivity contribution is 6.33. The minimum absolute atomic E-state index is 0.144. The molecule has 2 aromatic carbocycles. The van der Waals surface area contributed by atoms with Gasteiger partial charge in [0, 0.05) is 50.1 Å². The summed E-state index contributed by atoms with van der Waals surface area (Å²) in [4.78, 5) is 9.13. The van der Waals surface area contributed by atoms with Crippen LogP contribution in [0, 0.1) is 18.3 Å². The van der Waals surface area contributed by atoms with E-state index in [4.69, 9.17) is 28.5 Å². The molecule has 154 valence electrons. The minimum atomic E-state index is 0.144. The van der Waals surface area contributed by atoms with Crippen molar-refractivity contribution in [3.05, 3.63) is 81.9 Å². The molecule has 1 saturated heterocycles.